The molecule has 1 heterocycles. The van der Waals surface area contributed by atoms with Crippen molar-refractivity contribution in [1.82, 2.24) is 5.32 Å². The number of allylic oxidation sites excluding steroid dienone is 2. The lowest BCUT2D eigenvalue weighted by Gasteiger charge is -2.16. The highest BCUT2D eigenvalue weighted by molar-refractivity contribution is 5.96. The fourth-order valence-corrected chi connectivity index (χ4v) is 1.04. The number of hydrogen-bond acceptors (Lipinski definition) is 1. The monoisotopic (exact) mass is 136 g/mol. The van der Waals surface area contributed by atoms with Gasteiger partial charge in [-0.2, -0.15) is 0 Å². The molecule has 1 aliphatic rings. The molecule has 0 atom stereocenters. The Kier molecular flexibility index (Phi) is 2.26. The SMILES string of the molecule is C=C/C=C1/CCCNC1=N. The van der Waals surface area contributed by atoms with Gasteiger partial charge in [0, 0.05) is 6.54 Å². The molecule has 2 nitrogen and oxygen atoms in total. The van der Waals surface area contributed by atoms with Crippen LogP contribution in [0.25, 0.3) is 0 Å². The van der Waals surface area contributed by atoms with Gasteiger partial charge in [0.05, 0.1) is 0 Å². The second-order valence-corrected chi connectivity index (χ2v) is 2.33. The van der Waals surface area contributed by atoms with Crippen molar-refractivity contribution >= 4 is 5.84 Å². The number of nitrogens with one attached hydrogen (secondary N) is 2. The number of piperidine rings is 1. The van der Waals surface area contributed by atoms with Gasteiger partial charge in [-0.15, -0.1) is 0 Å². The topological polar surface area (TPSA) is 35.9 Å². The number of hydrogen-bond donors (Lipinski definition) is 2. The summed E-state index contributed by atoms with van der Waals surface area (Å²) in [5, 5.41) is 10.4. The summed E-state index contributed by atoms with van der Waals surface area (Å²) in [4.78, 5) is 0. The van der Waals surface area contributed by atoms with Crippen molar-refractivity contribution in [2.45, 2.75) is 12.8 Å². The Morgan fingerprint density at radius 2 is 2.40 bits per heavy atom. The van der Waals surface area contributed by atoms with Gasteiger partial charge < -0.3 is 5.32 Å². The second kappa shape index (κ2) is 3.20. The van der Waals surface area contributed by atoms with E-state index in [-0.39, 0.29) is 0 Å². The van der Waals surface area contributed by atoms with Crippen LogP contribution >= 0.6 is 0 Å². The molecule has 10 heavy (non-hydrogen) atoms. The average molecular weight is 136 g/mol. The van der Waals surface area contributed by atoms with Gasteiger partial charge >= 0.3 is 0 Å². The zero-order chi connectivity index (χ0) is 7.40. The van der Waals surface area contributed by atoms with Crippen LogP contribution in [0.4, 0.5) is 0 Å². The molecule has 0 aromatic carbocycles. The number of amidine groups is 1. The van der Waals surface area contributed by atoms with Gasteiger partial charge in [0.2, 0.25) is 0 Å². The van der Waals surface area contributed by atoms with Crippen LogP contribution in [0.15, 0.2) is 24.3 Å². The van der Waals surface area contributed by atoms with Crippen molar-refractivity contribution in [2.75, 3.05) is 6.54 Å². The third-order valence-corrected chi connectivity index (χ3v) is 1.56. The highest BCUT2D eigenvalue weighted by atomic mass is 14.9. The van der Waals surface area contributed by atoms with Gasteiger partial charge in [0.25, 0.3) is 0 Å². The molecule has 1 fully saturated rings. The summed E-state index contributed by atoms with van der Waals surface area (Å²) >= 11 is 0. The summed E-state index contributed by atoms with van der Waals surface area (Å²) in [6.45, 7) is 4.53. The summed E-state index contributed by atoms with van der Waals surface area (Å²) in [5.41, 5.74) is 1.07. The first-order chi connectivity index (χ1) is 4.84. The molecular weight excluding hydrogens is 124 g/mol. The first kappa shape index (κ1) is 7.06. The van der Waals surface area contributed by atoms with E-state index >= 15 is 0 Å². The molecule has 0 unspecified atom stereocenters. The molecule has 2 N–H and O–H groups in total. The van der Waals surface area contributed by atoms with Gasteiger partial charge in [-0.1, -0.05) is 18.7 Å². The van der Waals surface area contributed by atoms with E-state index in [1.165, 1.54) is 0 Å². The van der Waals surface area contributed by atoms with Crippen LogP contribution in [0, 0.1) is 5.41 Å². The van der Waals surface area contributed by atoms with Crippen molar-refractivity contribution in [3.05, 3.63) is 24.3 Å². The molecule has 1 saturated heterocycles. The Morgan fingerprint density at radius 1 is 1.60 bits per heavy atom. The standard InChI is InChI=1S/C8H12N2/c1-2-4-7-5-3-6-10-8(7)9/h2,4H,1,3,5-6H2,(H2,9,10)/b7-4-. The molecule has 54 valence electrons. The molecule has 2 heteroatoms. The Balaban J connectivity index is 2.64. The number of rotatable bonds is 1. The molecule has 0 bridgehead atoms. The van der Waals surface area contributed by atoms with Gasteiger partial charge in [-0.05, 0) is 18.4 Å². The Bertz CT molecular complexity index is 180. The normalized spacial score (nSPS) is 22.4. The molecule has 0 aromatic heterocycles. The van der Waals surface area contributed by atoms with Crippen molar-refractivity contribution in [3.8, 4) is 0 Å². The molecule has 0 radical (unpaired) electrons. The predicted octanol–water partition coefficient (Wildman–Crippen LogP) is 1.46. The Hall–Kier alpha value is -1.05. The van der Waals surface area contributed by atoms with Crippen LogP contribution in [-0.2, 0) is 0 Å². The predicted molar refractivity (Wildman–Crippen MR) is 43.2 cm³/mol. The van der Waals surface area contributed by atoms with E-state index in [9.17, 15) is 0 Å². The van der Waals surface area contributed by atoms with Gasteiger partial charge in [-0.25, -0.2) is 0 Å². The van der Waals surface area contributed by atoms with Crippen molar-refractivity contribution < 1.29 is 0 Å². The highest BCUT2D eigenvalue weighted by Crippen LogP contribution is 2.09. The smallest absolute Gasteiger partial charge is 0.121 e. The summed E-state index contributed by atoms with van der Waals surface area (Å²) < 4.78 is 0. The maximum Gasteiger partial charge on any atom is 0.121 e. The van der Waals surface area contributed by atoms with Crippen molar-refractivity contribution in [1.29, 1.82) is 5.41 Å². The molecule has 0 aromatic rings. The second-order valence-electron chi connectivity index (χ2n) is 2.33. The average Bonchev–Trinajstić information content (AvgIpc) is 1.94. The zero-order valence-corrected chi connectivity index (χ0v) is 5.98. The minimum atomic E-state index is 0.561. The van der Waals surface area contributed by atoms with Gasteiger partial charge in [0.1, 0.15) is 5.84 Å². The molecular formula is C8H12N2. The van der Waals surface area contributed by atoms with Crippen LogP contribution in [0.2, 0.25) is 0 Å². The van der Waals surface area contributed by atoms with Crippen LogP contribution < -0.4 is 5.32 Å². The van der Waals surface area contributed by atoms with Crippen LogP contribution in [0.1, 0.15) is 12.8 Å². The summed E-state index contributed by atoms with van der Waals surface area (Å²) in [7, 11) is 0. The summed E-state index contributed by atoms with van der Waals surface area (Å²) in [6.07, 6.45) is 5.77. The third-order valence-electron chi connectivity index (χ3n) is 1.56. The lowest BCUT2D eigenvalue weighted by Crippen LogP contribution is -2.29. The van der Waals surface area contributed by atoms with Crippen LogP contribution in [0.5, 0.6) is 0 Å². The van der Waals surface area contributed by atoms with E-state index < -0.39 is 0 Å². The van der Waals surface area contributed by atoms with Crippen molar-refractivity contribution in [2.24, 2.45) is 0 Å². The minimum Gasteiger partial charge on any atom is -0.370 e. The fourth-order valence-electron chi connectivity index (χ4n) is 1.04. The third kappa shape index (κ3) is 1.47. The van der Waals surface area contributed by atoms with E-state index in [0.717, 1.165) is 25.0 Å². The molecule has 0 spiro atoms. The summed E-state index contributed by atoms with van der Waals surface area (Å²) in [6, 6.07) is 0. The van der Waals surface area contributed by atoms with Crippen LogP contribution in [0.3, 0.4) is 0 Å². The Morgan fingerprint density at radius 3 is 3.00 bits per heavy atom. The quantitative estimate of drug-likeness (QED) is 0.562. The molecule has 0 amide bonds. The molecule has 0 aliphatic carbocycles. The molecule has 0 saturated carbocycles. The maximum atomic E-state index is 7.42. The minimum absolute atomic E-state index is 0.561. The van der Waals surface area contributed by atoms with E-state index in [0.29, 0.717) is 5.84 Å². The molecule has 1 aliphatic heterocycles. The van der Waals surface area contributed by atoms with Gasteiger partial charge in [-0.3, -0.25) is 5.41 Å². The Labute approximate surface area is 61.1 Å². The lowest BCUT2D eigenvalue weighted by molar-refractivity contribution is 0.734. The van der Waals surface area contributed by atoms with E-state index in [2.05, 4.69) is 11.9 Å². The van der Waals surface area contributed by atoms with E-state index in [1.54, 1.807) is 6.08 Å². The largest absolute Gasteiger partial charge is 0.370 e. The first-order valence-corrected chi connectivity index (χ1v) is 3.49. The highest BCUT2D eigenvalue weighted by Gasteiger charge is 2.08. The van der Waals surface area contributed by atoms with Gasteiger partial charge in [0.15, 0.2) is 0 Å². The van der Waals surface area contributed by atoms with Crippen molar-refractivity contribution in [3.63, 3.8) is 0 Å². The zero-order valence-electron chi connectivity index (χ0n) is 5.98. The van der Waals surface area contributed by atoms with E-state index in [4.69, 9.17) is 5.41 Å². The van der Waals surface area contributed by atoms with Crippen LogP contribution in [-0.4, -0.2) is 12.4 Å². The maximum absolute atomic E-state index is 7.42. The van der Waals surface area contributed by atoms with E-state index in [1.807, 2.05) is 6.08 Å². The first-order valence-electron chi connectivity index (χ1n) is 3.49. The fraction of sp³-hybridized carbons (Fsp3) is 0.375. The molecule has 1 rings (SSSR count). The lowest BCUT2D eigenvalue weighted by atomic mass is 10.1. The summed E-state index contributed by atoms with van der Waals surface area (Å²) in [5.74, 6) is 0.561.